The number of thioether (sulfide) groups is 1. The number of rotatable bonds is 6. The Kier molecular flexibility index (Phi) is 7.06. The Labute approximate surface area is 211 Å². The van der Waals surface area contributed by atoms with E-state index in [-0.39, 0.29) is 17.9 Å². The molecule has 1 N–H and O–H groups in total. The molecule has 1 aliphatic rings. The summed E-state index contributed by atoms with van der Waals surface area (Å²) in [6, 6.07) is 22.2. The van der Waals surface area contributed by atoms with Gasteiger partial charge in [-0.3, -0.25) is 14.7 Å². The van der Waals surface area contributed by atoms with E-state index in [1.807, 2.05) is 78.2 Å². The SMILES string of the molecule is O=C(Nc1nc(-c2ccccc2)cs1)[C@@H]1CS[C@H](c2cccnc2)N1C(=O)OCc1ccccc1. The smallest absolute Gasteiger partial charge is 0.412 e. The fourth-order valence-corrected chi connectivity index (χ4v) is 5.89. The number of carbonyl (C=O) groups is 2. The van der Waals surface area contributed by atoms with Crippen molar-refractivity contribution < 1.29 is 14.3 Å². The summed E-state index contributed by atoms with van der Waals surface area (Å²) in [7, 11) is 0. The molecule has 7 nitrogen and oxygen atoms in total. The topological polar surface area (TPSA) is 84.4 Å². The second kappa shape index (κ2) is 10.7. The zero-order valence-electron chi connectivity index (χ0n) is 18.6. The van der Waals surface area contributed by atoms with E-state index in [0.717, 1.165) is 22.4 Å². The molecule has 1 saturated heterocycles. The first-order valence-corrected chi connectivity index (χ1v) is 12.9. The van der Waals surface area contributed by atoms with E-state index in [4.69, 9.17) is 4.74 Å². The Morgan fingerprint density at radius 3 is 2.54 bits per heavy atom. The molecule has 0 unspecified atom stereocenters. The molecule has 176 valence electrons. The molecule has 9 heteroatoms. The number of pyridine rings is 1. The number of amides is 2. The zero-order valence-corrected chi connectivity index (χ0v) is 20.2. The summed E-state index contributed by atoms with van der Waals surface area (Å²) in [6.45, 7) is 0.127. The van der Waals surface area contributed by atoms with Gasteiger partial charge in [0.25, 0.3) is 0 Å². The second-order valence-corrected chi connectivity index (χ2v) is 9.80. The van der Waals surface area contributed by atoms with Crippen molar-refractivity contribution in [1.82, 2.24) is 14.9 Å². The highest BCUT2D eigenvalue weighted by Crippen LogP contribution is 2.42. The zero-order chi connectivity index (χ0) is 24.0. The minimum atomic E-state index is -0.711. The number of nitrogens with zero attached hydrogens (tertiary/aromatic N) is 3. The Bertz CT molecular complexity index is 1290. The van der Waals surface area contributed by atoms with Gasteiger partial charge in [0.2, 0.25) is 5.91 Å². The highest BCUT2D eigenvalue weighted by molar-refractivity contribution is 7.99. The third-order valence-electron chi connectivity index (χ3n) is 5.49. The summed E-state index contributed by atoms with van der Waals surface area (Å²) in [5.41, 5.74) is 3.48. The maximum Gasteiger partial charge on any atom is 0.412 e. The summed E-state index contributed by atoms with van der Waals surface area (Å²) in [4.78, 5) is 36.8. The highest BCUT2D eigenvalue weighted by atomic mass is 32.2. The standard InChI is InChI=1S/C26H22N4O3S2/c31-23(29-25-28-21(16-35-25)19-10-5-2-6-11-19)22-17-34-24(20-12-7-13-27-14-20)30(22)26(32)33-15-18-8-3-1-4-9-18/h1-14,16,22,24H,15,17H2,(H,28,29,31)/t22-,24+/m0/s1. The summed E-state index contributed by atoms with van der Waals surface area (Å²) >= 11 is 2.86. The highest BCUT2D eigenvalue weighted by Gasteiger charge is 2.43. The molecule has 3 heterocycles. The minimum absolute atomic E-state index is 0.127. The van der Waals surface area contributed by atoms with Gasteiger partial charge in [0.05, 0.1) is 5.69 Å². The van der Waals surface area contributed by atoms with E-state index >= 15 is 0 Å². The van der Waals surface area contributed by atoms with Gasteiger partial charge >= 0.3 is 6.09 Å². The van der Waals surface area contributed by atoms with Crippen LogP contribution < -0.4 is 5.32 Å². The molecule has 4 aromatic rings. The van der Waals surface area contributed by atoms with Crippen molar-refractivity contribution in [3.8, 4) is 11.3 Å². The molecule has 0 radical (unpaired) electrons. The van der Waals surface area contributed by atoms with Crippen LogP contribution in [-0.4, -0.2) is 38.7 Å². The van der Waals surface area contributed by atoms with E-state index < -0.39 is 12.1 Å². The van der Waals surface area contributed by atoms with Gasteiger partial charge in [0.1, 0.15) is 18.0 Å². The van der Waals surface area contributed by atoms with Gasteiger partial charge in [-0.25, -0.2) is 9.78 Å². The van der Waals surface area contributed by atoms with Gasteiger partial charge in [-0.15, -0.1) is 23.1 Å². The first-order chi connectivity index (χ1) is 17.2. The predicted molar refractivity (Wildman–Crippen MR) is 138 cm³/mol. The molecule has 1 fully saturated rings. The average molecular weight is 503 g/mol. The van der Waals surface area contributed by atoms with Crippen LogP contribution in [0.4, 0.5) is 9.93 Å². The predicted octanol–water partition coefficient (Wildman–Crippen LogP) is 5.60. The molecule has 2 aromatic carbocycles. The maximum absolute atomic E-state index is 13.3. The Hall–Kier alpha value is -3.69. The number of anilines is 1. The molecule has 0 aliphatic carbocycles. The van der Waals surface area contributed by atoms with Crippen LogP contribution >= 0.6 is 23.1 Å². The van der Waals surface area contributed by atoms with E-state index in [1.165, 1.54) is 28.0 Å². The maximum atomic E-state index is 13.3. The normalized spacial score (nSPS) is 17.2. The van der Waals surface area contributed by atoms with Gasteiger partial charge in [-0.1, -0.05) is 66.7 Å². The minimum Gasteiger partial charge on any atom is -0.444 e. The van der Waals surface area contributed by atoms with Crippen molar-refractivity contribution in [1.29, 1.82) is 0 Å². The number of carbonyl (C=O) groups excluding carboxylic acids is 2. The number of nitrogens with one attached hydrogen (secondary N) is 1. The number of hydrogen-bond acceptors (Lipinski definition) is 7. The molecule has 35 heavy (non-hydrogen) atoms. The fourth-order valence-electron chi connectivity index (χ4n) is 3.77. The monoisotopic (exact) mass is 502 g/mol. The van der Waals surface area contributed by atoms with E-state index in [9.17, 15) is 9.59 Å². The molecular formula is C26H22N4O3S2. The Balaban J connectivity index is 1.33. The number of benzene rings is 2. The summed E-state index contributed by atoms with van der Waals surface area (Å²) in [5, 5.41) is 4.91. The van der Waals surface area contributed by atoms with Crippen LogP contribution in [0.2, 0.25) is 0 Å². The van der Waals surface area contributed by atoms with E-state index in [1.54, 1.807) is 12.4 Å². The molecule has 0 saturated carbocycles. The van der Waals surface area contributed by atoms with Crippen LogP contribution in [0.15, 0.2) is 90.6 Å². The quantitative estimate of drug-likeness (QED) is 0.370. The molecule has 0 bridgehead atoms. The molecule has 2 aromatic heterocycles. The van der Waals surface area contributed by atoms with Crippen molar-refractivity contribution in [3.05, 3.63) is 102 Å². The van der Waals surface area contributed by atoms with Crippen molar-refractivity contribution in [3.63, 3.8) is 0 Å². The molecule has 0 spiro atoms. The van der Waals surface area contributed by atoms with Gasteiger partial charge in [0, 0.05) is 34.7 Å². The van der Waals surface area contributed by atoms with Gasteiger partial charge < -0.3 is 10.1 Å². The van der Waals surface area contributed by atoms with Crippen LogP contribution in [0.25, 0.3) is 11.3 Å². The first-order valence-electron chi connectivity index (χ1n) is 11.0. The first kappa shape index (κ1) is 23.1. The van der Waals surface area contributed by atoms with E-state index in [2.05, 4.69) is 15.3 Å². The number of hydrogen-bond donors (Lipinski definition) is 1. The number of aromatic nitrogens is 2. The lowest BCUT2D eigenvalue weighted by molar-refractivity contribution is -0.120. The lowest BCUT2D eigenvalue weighted by Gasteiger charge is -2.27. The molecule has 1 aliphatic heterocycles. The summed E-state index contributed by atoms with van der Waals surface area (Å²) in [6.07, 6.45) is 2.84. The van der Waals surface area contributed by atoms with Gasteiger partial charge in [0.15, 0.2) is 5.13 Å². The largest absolute Gasteiger partial charge is 0.444 e. The molecule has 2 amide bonds. The lowest BCUT2D eigenvalue weighted by Crippen LogP contribution is -2.45. The van der Waals surface area contributed by atoms with Crippen molar-refractivity contribution in [2.45, 2.75) is 18.0 Å². The van der Waals surface area contributed by atoms with Crippen LogP contribution in [0, 0.1) is 0 Å². The van der Waals surface area contributed by atoms with Crippen LogP contribution in [-0.2, 0) is 16.1 Å². The van der Waals surface area contributed by atoms with Crippen molar-refractivity contribution in [2.75, 3.05) is 11.1 Å². The Morgan fingerprint density at radius 1 is 1.03 bits per heavy atom. The van der Waals surface area contributed by atoms with Gasteiger partial charge in [-0.05, 0) is 11.6 Å². The van der Waals surface area contributed by atoms with Gasteiger partial charge in [-0.2, -0.15) is 0 Å². The summed E-state index contributed by atoms with van der Waals surface area (Å²) < 4.78 is 5.62. The van der Waals surface area contributed by atoms with E-state index in [0.29, 0.717) is 10.9 Å². The lowest BCUT2D eigenvalue weighted by atomic mass is 10.2. The molecule has 5 rings (SSSR count). The Morgan fingerprint density at radius 2 is 1.80 bits per heavy atom. The second-order valence-electron chi connectivity index (χ2n) is 7.83. The van der Waals surface area contributed by atoms with Crippen LogP contribution in [0.3, 0.4) is 0 Å². The van der Waals surface area contributed by atoms with Crippen LogP contribution in [0.5, 0.6) is 0 Å². The van der Waals surface area contributed by atoms with Crippen LogP contribution in [0.1, 0.15) is 16.5 Å². The third-order valence-corrected chi connectivity index (χ3v) is 7.57. The van der Waals surface area contributed by atoms with Crippen molar-refractivity contribution >= 4 is 40.2 Å². The average Bonchev–Trinajstić information content (AvgIpc) is 3.57. The third kappa shape index (κ3) is 5.36. The molecule has 2 atom stereocenters. The summed E-state index contributed by atoms with van der Waals surface area (Å²) in [5.74, 6) is 0.137. The number of thiazole rings is 1. The molecular weight excluding hydrogens is 480 g/mol. The number of ether oxygens (including phenoxy) is 1. The fraction of sp³-hybridized carbons (Fsp3) is 0.154. The van der Waals surface area contributed by atoms with Crippen molar-refractivity contribution in [2.24, 2.45) is 0 Å².